The number of amides is 3. The summed E-state index contributed by atoms with van der Waals surface area (Å²) in [6.07, 6.45) is 3.96. The zero-order valence-corrected chi connectivity index (χ0v) is 15.7. The van der Waals surface area contributed by atoms with Gasteiger partial charge in [0.2, 0.25) is 0 Å². The first kappa shape index (κ1) is 18.7. The number of anilines is 3. The Kier molecular flexibility index (Phi) is 5.90. The van der Waals surface area contributed by atoms with Crippen molar-refractivity contribution >= 4 is 29.1 Å². The highest BCUT2D eigenvalue weighted by molar-refractivity contribution is 6.07. The van der Waals surface area contributed by atoms with E-state index < -0.39 is 0 Å². The quantitative estimate of drug-likeness (QED) is 0.755. The maximum Gasteiger partial charge on any atom is 0.319 e. The van der Waals surface area contributed by atoms with Crippen LogP contribution >= 0.6 is 0 Å². The summed E-state index contributed by atoms with van der Waals surface area (Å²) in [6, 6.07) is 10.4. The Morgan fingerprint density at radius 3 is 2.26 bits per heavy atom. The number of hydrogen-bond donors (Lipinski definition) is 3. The van der Waals surface area contributed by atoms with E-state index in [9.17, 15) is 9.59 Å². The second-order valence-corrected chi connectivity index (χ2v) is 6.85. The number of nitrogens with one attached hydrogen (secondary N) is 3. The fraction of sp³-hybridized carbons (Fsp3) is 0.350. The van der Waals surface area contributed by atoms with E-state index in [-0.39, 0.29) is 18.0 Å². The van der Waals surface area contributed by atoms with Gasteiger partial charge in [-0.05, 0) is 63.1 Å². The van der Waals surface area contributed by atoms with Gasteiger partial charge < -0.3 is 20.9 Å². The maximum absolute atomic E-state index is 12.7. The molecule has 2 heterocycles. The van der Waals surface area contributed by atoms with Crippen LogP contribution in [0.25, 0.3) is 0 Å². The summed E-state index contributed by atoms with van der Waals surface area (Å²) in [5.41, 5.74) is 1.88. The Labute approximate surface area is 159 Å². The highest BCUT2D eigenvalue weighted by Crippen LogP contribution is 2.23. The molecule has 1 aromatic heterocycles. The van der Waals surface area contributed by atoms with Gasteiger partial charge in [-0.1, -0.05) is 0 Å². The Bertz CT molecular complexity index is 798. The smallest absolute Gasteiger partial charge is 0.319 e. The van der Waals surface area contributed by atoms with Gasteiger partial charge in [0, 0.05) is 36.7 Å². The van der Waals surface area contributed by atoms with Crippen molar-refractivity contribution in [2.45, 2.75) is 32.7 Å². The van der Waals surface area contributed by atoms with E-state index in [1.54, 1.807) is 42.6 Å². The molecule has 1 aromatic carbocycles. The van der Waals surface area contributed by atoms with Crippen molar-refractivity contribution < 1.29 is 9.59 Å². The molecule has 1 saturated heterocycles. The van der Waals surface area contributed by atoms with Crippen LogP contribution in [0.15, 0.2) is 42.6 Å². The molecule has 1 fully saturated rings. The van der Waals surface area contributed by atoms with Crippen LogP contribution in [0.3, 0.4) is 0 Å². The molecule has 3 N–H and O–H groups in total. The molecule has 0 aliphatic carbocycles. The topological polar surface area (TPSA) is 86.4 Å². The average Bonchev–Trinajstić information content (AvgIpc) is 3.17. The van der Waals surface area contributed by atoms with E-state index in [4.69, 9.17) is 0 Å². The van der Waals surface area contributed by atoms with E-state index in [0.29, 0.717) is 16.9 Å². The normalized spacial score (nSPS) is 13.5. The SMILES string of the molecule is CC(C)NC(=O)Nc1ccc(NC(=O)c2cccnc2N2CCCC2)cc1. The van der Waals surface area contributed by atoms with Crippen molar-refractivity contribution in [1.29, 1.82) is 0 Å². The summed E-state index contributed by atoms with van der Waals surface area (Å²) in [7, 11) is 0. The highest BCUT2D eigenvalue weighted by Gasteiger charge is 2.20. The van der Waals surface area contributed by atoms with Crippen molar-refractivity contribution in [3.05, 3.63) is 48.2 Å². The van der Waals surface area contributed by atoms with E-state index in [1.807, 2.05) is 13.8 Å². The maximum atomic E-state index is 12.7. The number of aromatic nitrogens is 1. The molecule has 3 rings (SSSR count). The van der Waals surface area contributed by atoms with Crippen molar-refractivity contribution in [2.75, 3.05) is 28.6 Å². The number of urea groups is 1. The van der Waals surface area contributed by atoms with Crippen LogP contribution in [0.5, 0.6) is 0 Å². The predicted molar refractivity (Wildman–Crippen MR) is 107 cm³/mol. The molecule has 1 aliphatic heterocycles. The number of carbonyl (C=O) groups excluding carboxylic acids is 2. The zero-order valence-electron chi connectivity index (χ0n) is 15.7. The van der Waals surface area contributed by atoms with Gasteiger partial charge in [0.15, 0.2) is 0 Å². The predicted octanol–water partition coefficient (Wildman–Crippen LogP) is 3.46. The second kappa shape index (κ2) is 8.53. The Morgan fingerprint density at radius 1 is 1.00 bits per heavy atom. The van der Waals surface area contributed by atoms with Crippen LogP contribution in [-0.4, -0.2) is 36.1 Å². The largest absolute Gasteiger partial charge is 0.356 e. The van der Waals surface area contributed by atoms with Gasteiger partial charge in [0.1, 0.15) is 5.82 Å². The minimum atomic E-state index is -0.257. The van der Waals surface area contributed by atoms with E-state index >= 15 is 0 Å². The van der Waals surface area contributed by atoms with Crippen LogP contribution in [-0.2, 0) is 0 Å². The van der Waals surface area contributed by atoms with Crippen molar-refractivity contribution in [3.8, 4) is 0 Å². The summed E-state index contributed by atoms with van der Waals surface area (Å²) >= 11 is 0. The van der Waals surface area contributed by atoms with E-state index in [2.05, 4.69) is 25.8 Å². The number of pyridine rings is 1. The monoisotopic (exact) mass is 367 g/mol. The molecule has 1 aliphatic rings. The fourth-order valence-electron chi connectivity index (χ4n) is 3.02. The molecule has 0 radical (unpaired) electrons. The first-order chi connectivity index (χ1) is 13.0. The molecular formula is C20H25N5O2. The van der Waals surface area contributed by atoms with Crippen molar-refractivity contribution in [2.24, 2.45) is 0 Å². The summed E-state index contributed by atoms with van der Waals surface area (Å²) in [5.74, 6) is 0.541. The summed E-state index contributed by atoms with van der Waals surface area (Å²) in [5, 5.41) is 8.41. The molecule has 2 aromatic rings. The first-order valence-corrected chi connectivity index (χ1v) is 9.22. The zero-order chi connectivity index (χ0) is 19.2. The number of hydrogen-bond acceptors (Lipinski definition) is 4. The third-order valence-electron chi connectivity index (χ3n) is 4.26. The van der Waals surface area contributed by atoms with Crippen molar-refractivity contribution in [3.63, 3.8) is 0 Å². The molecule has 0 unspecified atom stereocenters. The van der Waals surface area contributed by atoms with Gasteiger partial charge in [-0.15, -0.1) is 0 Å². The molecular weight excluding hydrogens is 342 g/mol. The molecule has 0 saturated carbocycles. The summed E-state index contributed by atoms with van der Waals surface area (Å²) < 4.78 is 0. The minimum Gasteiger partial charge on any atom is -0.356 e. The van der Waals surface area contributed by atoms with Crippen LogP contribution in [0.1, 0.15) is 37.0 Å². The van der Waals surface area contributed by atoms with Gasteiger partial charge >= 0.3 is 6.03 Å². The van der Waals surface area contributed by atoms with Gasteiger partial charge in [-0.25, -0.2) is 9.78 Å². The average molecular weight is 367 g/mol. The lowest BCUT2D eigenvalue weighted by Gasteiger charge is -2.19. The van der Waals surface area contributed by atoms with Crippen LogP contribution in [0.2, 0.25) is 0 Å². The third-order valence-corrected chi connectivity index (χ3v) is 4.26. The lowest BCUT2D eigenvalue weighted by molar-refractivity contribution is 0.102. The van der Waals surface area contributed by atoms with Gasteiger partial charge in [-0.3, -0.25) is 4.79 Å². The van der Waals surface area contributed by atoms with E-state index in [0.717, 1.165) is 31.7 Å². The van der Waals surface area contributed by atoms with Crippen LogP contribution < -0.4 is 20.9 Å². The molecule has 142 valence electrons. The lowest BCUT2D eigenvalue weighted by atomic mass is 10.2. The number of benzene rings is 1. The Hall–Kier alpha value is -3.09. The minimum absolute atomic E-state index is 0.0628. The molecule has 3 amide bonds. The third kappa shape index (κ3) is 4.97. The van der Waals surface area contributed by atoms with E-state index in [1.165, 1.54) is 0 Å². The molecule has 27 heavy (non-hydrogen) atoms. The van der Waals surface area contributed by atoms with Crippen molar-refractivity contribution in [1.82, 2.24) is 10.3 Å². The fourth-order valence-corrected chi connectivity index (χ4v) is 3.02. The lowest BCUT2D eigenvalue weighted by Crippen LogP contribution is -2.34. The molecule has 0 atom stereocenters. The number of carbonyl (C=O) groups is 2. The van der Waals surface area contributed by atoms with Gasteiger partial charge in [-0.2, -0.15) is 0 Å². The molecule has 7 heteroatoms. The Morgan fingerprint density at radius 2 is 1.63 bits per heavy atom. The molecule has 7 nitrogen and oxygen atoms in total. The number of nitrogens with zero attached hydrogens (tertiary/aromatic N) is 2. The number of rotatable bonds is 5. The highest BCUT2D eigenvalue weighted by atomic mass is 16.2. The van der Waals surface area contributed by atoms with Gasteiger partial charge in [0.25, 0.3) is 5.91 Å². The summed E-state index contributed by atoms with van der Waals surface area (Å²) in [6.45, 7) is 5.65. The van der Waals surface area contributed by atoms with Crippen LogP contribution in [0.4, 0.5) is 22.0 Å². The van der Waals surface area contributed by atoms with Crippen LogP contribution in [0, 0.1) is 0 Å². The second-order valence-electron chi connectivity index (χ2n) is 6.85. The summed E-state index contributed by atoms with van der Waals surface area (Å²) in [4.78, 5) is 31.0. The molecule has 0 bridgehead atoms. The first-order valence-electron chi connectivity index (χ1n) is 9.22. The Balaban J connectivity index is 1.65. The molecule has 0 spiro atoms. The standard InChI is InChI=1S/C20H25N5O2/c1-14(2)22-20(27)24-16-9-7-15(8-10-16)23-19(26)17-6-5-11-21-18(17)25-12-3-4-13-25/h5-11,14H,3-4,12-13H2,1-2H3,(H,23,26)(H2,22,24,27). The van der Waals surface area contributed by atoms with Gasteiger partial charge in [0.05, 0.1) is 5.56 Å².